The lowest BCUT2D eigenvalue weighted by Crippen LogP contribution is -2.41. The van der Waals surface area contributed by atoms with E-state index in [0.29, 0.717) is 17.8 Å². The molecule has 0 atom stereocenters. The Morgan fingerprint density at radius 1 is 1.32 bits per heavy atom. The maximum absolute atomic E-state index is 8.77. The maximum atomic E-state index is 8.77. The van der Waals surface area contributed by atoms with E-state index in [2.05, 4.69) is 21.8 Å². The molecule has 0 bridgehead atoms. The summed E-state index contributed by atoms with van der Waals surface area (Å²) in [6, 6.07) is 2.86. The van der Waals surface area contributed by atoms with Gasteiger partial charge >= 0.3 is 0 Å². The molecule has 0 aliphatic heterocycles. The van der Waals surface area contributed by atoms with Gasteiger partial charge in [0.15, 0.2) is 5.69 Å². The molecule has 0 unspecified atom stereocenters. The molecule has 0 amide bonds. The molecule has 1 saturated carbocycles. The SMILES string of the molecule is CCCN(c1cnc(C#N)cn1)C1CCC(N)CC1. The van der Waals surface area contributed by atoms with Crippen molar-refractivity contribution < 1.29 is 0 Å². The number of aromatic nitrogens is 2. The van der Waals surface area contributed by atoms with E-state index in [0.717, 1.165) is 44.5 Å². The molecule has 102 valence electrons. The van der Waals surface area contributed by atoms with E-state index in [4.69, 9.17) is 11.0 Å². The van der Waals surface area contributed by atoms with Crippen molar-refractivity contribution in [3.05, 3.63) is 18.1 Å². The minimum absolute atomic E-state index is 0.353. The van der Waals surface area contributed by atoms with Crippen molar-refractivity contribution in [1.29, 1.82) is 5.26 Å². The predicted molar refractivity (Wildman–Crippen MR) is 74.6 cm³/mol. The standard InChI is InChI=1S/C14H21N5/c1-2-7-19(13-5-3-11(16)4-6-13)14-10-17-12(8-15)9-18-14/h9-11,13H,2-7,16H2,1H3. The normalized spacial score (nSPS) is 22.8. The first-order chi connectivity index (χ1) is 9.24. The first-order valence-electron chi connectivity index (χ1n) is 6.99. The summed E-state index contributed by atoms with van der Waals surface area (Å²) >= 11 is 0. The quantitative estimate of drug-likeness (QED) is 0.892. The van der Waals surface area contributed by atoms with Crippen LogP contribution in [0.5, 0.6) is 0 Å². The van der Waals surface area contributed by atoms with Crippen molar-refractivity contribution in [3.63, 3.8) is 0 Å². The second-order valence-electron chi connectivity index (χ2n) is 5.13. The van der Waals surface area contributed by atoms with Gasteiger partial charge < -0.3 is 10.6 Å². The van der Waals surface area contributed by atoms with Gasteiger partial charge in [-0.25, -0.2) is 9.97 Å². The van der Waals surface area contributed by atoms with Crippen LogP contribution in [0, 0.1) is 11.3 Å². The Labute approximate surface area is 114 Å². The van der Waals surface area contributed by atoms with Crippen LogP contribution < -0.4 is 10.6 Å². The highest BCUT2D eigenvalue weighted by molar-refractivity contribution is 5.38. The average molecular weight is 259 g/mol. The molecule has 0 spiro atoms. The lowest BCUT2D eigenvalue weighted by Gasteiger charge is -2.36. The maximum Gasteiger partial charge on any atom is 0.158 e. The highest BCUT2D eigenvalue weighted by atomic mass is 15.2. The van der Waals surface area contributed by atoms with Gasteiger partial charge in [0.05, 0.1) is 12.4 Å². The molecule has 5 heteroatoms. The Hall–Kier alpha value is -1.67. The van der Waals surface area contributed by atoms with E-state index in [-0.39, 0.29) is 0 Å². The van der Waals surface area contributed by atoms with E-state index in [9.17, 15) is 0 Å². The molecular weight excluding hydrogens is 238 g/mol. The summed E-state index contributed by atoms with van der Waals surface area (Å²) in [6.07, 6.45) is 8.72. The van der Waals surface area contributed by atoms with Crippen molar-refractivity contribution >= 4 is 5.82 Å². The molecule has 0 saturated heterocycles. The lowest BCUT2D eigenvalue weighted by atomic mass is 9.90. The van der Waals surface area contributed by atoms with Crippen LogP contribution in [-0.2, 0) is 0 Å². The topological polar surface area (TPSA) is 78.8 Å². The molecule has 19 heavy (non-hydrogen) atoms. The van der Waals surface area contributed by atoms with Gasteiger partial charge in [-0.15, -0.1) is 0 Å². The van der Waals surface area contributed by atoms with Gasteiger partial charge in [0, 0.05) is 18.6 Å². The highest BCUT2D eigenvalue weighted by Gasteiger charge is 2.24. The summed E-state index contributed by atoms with van der Waals surface area (Å²) in [6.45, 7) is 3.14. The smallest absolute Gasteiger partial charge is 0.158 e. The summed E-state index contributed by atoms with van der Waals surface area (Å²) < 4.78 is 0. The molecule has 2 rings (SSSR count). The van der Waals surface area contributed by atoms with Crippen LogP contribution in [0.3, 0.4) is 0 Å². The van der Waals surface area contributed by atoms with Crippen LogP contribution >= 0.6 is 0 Å². The van der Waals surface area contributed by atoms with E-state index in [1.165, 1.54) is 0 Å². The lowest BCUT2D eigenvalue weighted by molar-refractivity contribution is 0.374. The zero-order chi connectivity index (χ0) is 13.7. The highest BCUT2D eigenvalue weighted by Crippen LogP contribution is 2.25. The number of anilines is 1. The fourth-order valence-corrected chi connectivity index (χ4v) is 2.67. The van der Waals surface area contributed by atoms with Crippen LogP contribution in [0.1, 0.15) is 44.7 Å². The van der Waals surface area contributed by atoms with Gasteiger partial charge in [-0.05, 0) is 32.1 Å². The minimum atomic E-state index is 0.353. The summed E-state index contributed by atoms with van der Waals surface area (Å²) in [7, 11) is 0. The van der Waals surface area contributed by atoms with E-state index < -0.39 is 0 Å². The van der Waals surface area contributed by atoms with Crippen LogP contribution in [0.4, 0.5) is 5.82 Å². The Morgan fingerprint density at radius 2 is 2.05 bits per heavy atom. The average Bonchev–Trinajstić information content (AvgIpc) is 2.46. The first-order valence-corrected chi connectivity index (χ1v) is 6.99. The number of rotatable bonds is 4. The molecule has 1 aromatic heterocycles. The van der Waals surface area contributed by atoms with E-state index in [1.807, 2.05) is 6.07 Å². The van der Waals surface area contributed by atoms with Crippen LogP contribution in [0.25, 0.3) is 0 Å². The van der Waals surface area contributed by atoms with Gasteiger partial charge in [0.1, 0.15) is 11.9 Å². The summed E-state index contributed by atoms with van der Waals surface area (Å²) in [5.74, 6) is 0.876. The van der Waals surface area contributed by atoms with E-state index in [1.54, 1.807) is 12.4 Å². The molecule has 0 radical (unpaired) electrons. The van der Waals surface area contributed by atoms with Gasteiger partial charge in [0.25, 0.3) is 0 Å². The second kappa shape index (κ2) is 6.48. The van der Waals surface area contributed by atoms with Crippen LogP contribution in [0.15, 0.2) is 12.4 Å². The largest absolute Gasteiger partial charge is 0.352 e. The molecule has 2 N–H and O–H groups in total. The molecule has 1 aliphatic carbocycles. The third-order valence-electron chi connectivity index (χ3n) is 3.69. The minimum Gasteiger partial charge on any atom is -0.352 e. The number of nitrogens with zero attached hydrogens (tertiary/aromatic N) is 4. The van der Waals surface area contributed by atoms with Crippen LogP contribution in [-0.4, -0.2) is 28.6 Å². The summed E-state index contributed by atoms with van der Waals surface area (Å²) in [4.78, 5) is 10.8. The molecule has 0 aromatic carbocycles. The molecule has 1 fully saturated rings. The second-order valence-corrected chi connectivity index (χ2v) is 5.13. The van der Waals surface area contributed by atoms with Gasteiger partial charge in [-0.2, -0.15) is 5.26 Å². The van der Waals surface area contributed by atoms with Crippen molar-refractivity contribution in [1.82, 2.24) is 9.97 Å². The monoisotopic (exact) mass is 259 g/mol. The Balaban J connectivity index is 2.12. The first kappa shape index (κ1) is 13.8. The molecule has 5 nitrogen and oxygen atoms in total. The van der Waals surface area contributed by atoms with Gasteiger partial charge in [0.2, 0.25) is 0 Å². The third kappa shape index (κ3) is 3.42. The third-order valence-corrected chi connectivity index (χ3v) is 3.69. The number of hydrogen-bond donors (Lipinski definition) is 1. The zero-order valence-electron chi connectivity index (χ0n) is 11.4. The zero-order valence-corrected chi connectivity index (χ0v) is 11.4. The predicted octanol–water partition coefficient (Wildman–Crippen LogP) is 1.83. The fourth-order valence-electron chi connectivity index (χ4n) is 2.67. The fraction of sp³-hybridized carbons (Fsp3) is 0.643. The molecule has 1 aromatic rings. The van der Waals surface area contributed by atoms with Crippen molar-refractivity contribution in [2.75, 3.05) is 11.4 Å². The van der Waals surface area contributed by atoms with Crippen molar-refractivity contribution in [2.24, 2.45) is 5.73 Å². The molecule has 1 aliphatic rings. The summed E-state index contributed by atoms with van der Waals surface area (Å²) in [5, 5.41) is 8.77. The Bertz CT molecular complexity index is 428. The van der Waals surface area contributed by atoms with Crippen molar-refractivity contribution in [2.45, 2.75) is 51.1 Å². The number of nitrogens with two attached hydrogens (primary N) is 1. The van der Waals surface area contributed by atoms with Crippen LogP contribution in [0.2, 0.25) is 0 Å². The Morgan fingerprint density at radius 3 is 2.58 bits per heavy atom. The van der Waals surface area contributed by atoms with E-state index >= 15 is 0 Å². The Kier molecular flexibility index (Phi) is 4.69. The van der Waals surface area contributed by atoms with Gasteiger partial charge in [-0.3, -0.25) is 0 Å². The molecule has 1 heterocycles. The number of hydrogen-bond acceptors (Lipinski definition) is 5. The summed E-state index contributed by atoms with van der Waals surface area (Å²) in [5.41, 5.74) is 6.33. The molecular formula is C14H21N5. The van der Waals surface area contributed by atoms with Gasteiger partial charge in [-0.1, -0.05) is 6.92 Å². The number of nitriles is 1. The van der Waals surface area contributed by atoms with Crippen molar-refractivity contribution in [3.8, 4) is 6.07 Å².